The fourth-order valence-corrected chi connectivity index (χ4v) is 3.47. The first-order valence-electron chi connectivity index (χ1n) is 9.54. The Hall–Kier alpha value is -3.54. The highest BCUT2D eigenvalue weighted by molar-refractivity contribution is 6.37. The number of nitriles is 1. The van der Waals surface area contributed by atoms with Gasteiger partial charge in [0.15, 0.2) is 5.75 Å². The molecule has 0 aliphatic carbocycles. The van der Waals surface area contributed by atoms with Crippen LogP contribution in [0.1, 0.15) is 16.7 Å². The van der Waals surface area contributed by atoms with Crippen molar-refractivity contribution >= 4 is 40.9 Å². The molecule has 0 radical (unpaired) electrons. The molecular formula is C24H14Cl2F4N2O2. The number of nitrogens with zero attached hydrogens (tertiary/aromatic N) is 1. The Morgan fingerprint density at radius 2 is 1.74 bits per heavy atom. The van der Waals surface area contributed by atoms with E-state index in [0.29, 0.717) is 0 Å². The molecule has 0 aromatic heterocycles. The molecule has 3 aromatic carbocycles. The molecule has 1 N–H and O–H groups in total. The second-order valence-corrected chi connectivity index (χ2v) is 7.71. The van der Waals surface area contributed by atoms with Gasteiger partial charge in [0.25, 0.3) is 5.91 Å². The number of rotatable bonds is 6. The molecule has 0 aliphatic heterocycles. The molecule has 0 bridgehead atoms. The molecule has 0 spiro atoms. The SMILES string of the molecule is N#C/C(=C\c1cc(Cl)c(OCc2ccccc2F)c(Cl)c1)C(=O)Nc1cccc(C(F)(F)F)c1. The van der Waals surface area contributed by atoms with Gasteiger partial charge in [-0.15, -0.1) is 0 Å². The maximum atomic E-state index is 13.8. The summed E-state index contributed by atoms with van der Waals surface area (Å²) < 4.78 is 57.9. The summed E-state index contributed by atoms with van der Waals surface area (Å²) in [6.45, 7) is -0.135. The second kappa shape index (κ2) is 10.6. The van der Waals surface area contributed by atoms with Crippen molar-refractivity contribution in [2.45, 2.75) is 12.8 Å². The van der Waals surface area contributed by atoms with Crippen molar-refractivity contribution in [1.82, 2.24) is 0 Å². The summed E-state index contributed by atoms with van der Waals surface area (Å²) in [6, 6.07) is 14.4. The average Bonchev–Trinajstić information content (AvgIpc) is 2.77. The summed E-state index contributed by atoms with van der Waals surface area (Å²) in [7, 11) is 0. The number of benzene rings is 3. The lowest BCUT2D eigenvalue weighted by atomic mass is 10.1. The molecule has 3 aromatic rings. The summed E-state index contributed by atoms with van der Waals surface area (Å²) in [5.74, 6) is -1.30. The number of halogens is 6. The maximum absolute atomic E-state index is 13.8. The van der Waals surface area contributed by atoms with Crippen LogP contribution in [0.15, 0.2) is 66.2 Å². The van der Waals surface area contributed by atoms with Crippen LogP contribution in [0.4, 0.5) is 23.2 Å². The Kier molecular flexibility index (Phi) is 7.82. The van der Waals surface area contributed by atoms with E-state index in [1.807, 2.05) is 0 Å². The molecule has 1 amide bonds. The van der Waals surface area contributed by atoms with Gasteiger partial charge < -0.3 is 10.1 Å². The number of carbonyl (C=O) groups is 1. The van der Waals surface area contributed by atoms with Crippen LogP contribution in [-0.4, -0.2) is 5.91 Å². The minimum absolute atomic E-state index is 0.0469. The van der Waals surface area contributed by atoms with Crippen LogP contribution in [0.3, 0.4) is 0 Å². The average molecular weight is 509 g/mol. The second-order valence-electron chi connectivity index (χ2n) is 6.90. The van der Waals surface area contributed by atoms with Gasteiger partial charge in [0.1, 0.15) is 24.1 Å². The van der Waals surface area contributed by atoms with Crippen LogP contribution < -0.4 is 10.1 Å². The van der Waals surface area contributed by atoms with Crippen molar-refractivity contribution in [3.05, 3.63) is 98.8 Å². The number of ether oxygens (including phenoxy) is 1. The van der Waals surface area contributed by atoms with Gasteiger partial charge in [0.2, 0.25) is 0 Å². The highest BCUT2D eigenvalue weighted by atomic mass is 35.5. The first-order chi connectivity index (χ1) is 16.1. The van der Waals surface area contributed by atoms with Crippen LogP contribution in [0.2, 0.25) is 10.0 Å². The monoisotopic (exact) mass is 508 g/mol. The smallest absolute Gasteiger partial charge is 0.416 e. The number of hydrogen-bond acceptors (Lipinski definition) is 3. The predicted molar refractivity (Wildman–Crippen MR) is 121 cm³/mol. The van der Waals surface area contributed by atoms with Crippen molar-refractivity contribution in [3.8, 4) is 11.8 Å². The van der Waals surface area contributed by atoms with Crippen molar-refractivity contribution in [3.63, 3.8) is 0 Å². The van der Waals surface area contributed by atoms with Crippen LogP contribution in [0.5, 0.6) is 5.75 Å². The summed E-state index contributed by atoms with van der Waals surface area (Å²) >= 11 is 12.4. The molecule has 3 rings (SSSR count). The first kappa shape index (κ1) is 25.1. The van der Waals surface area contributed by atoms with Gasteiger partial charge in [-0.25, -0.2) is 4.39 Å². The van der Waals surface area contributed by atoms with E-state index < -0.39 is 29.0 Å². The van der Waals surface area contributed by atoms with E-state index in [-0.39, 0.29) is 39.2 Å². The molecule has 0 unspecified atom stereocenters. The number of carbonyl (C=O) groups excluding carboxylic acids is 1. The Balaban J connectivity index is 1.79. The largest absolute Gasteiger partial charge is 0.486 e. The summed E-state index contributed by atoms with van der Waals surface area (Å²) in [5, 5.41) is 11.7. The van der Waals surface area contributed by atoms with Gasteiger partial charge in [-0.05, 0) is 48.0 Å². The molecule has 0 heterocycles. The van der Waals surface area contributed by atoms with Crippen LogP contribution in [0, 0.1) is 17.1 Å². The van der Waals surface area contributed by atoms with Gasteiger partial charge in [0, 0.05) is 11.3 Å². The van der Waals surface area contributed by atoms with Gasteiger partial charge in [-0.3, -0.25) is 4.79 Å². The zero-order valence-corrected chi connectivity index (χ0v) is 18.6. The van der Waals surface area contributed by atoms with E-state index in [1.165, 1.54) is 42.5 Å². The molecule has 0 atom stereocenters. The van der Waals surface area contributed by atoms with Gasteiger partial charge in [-0.2, -0.15) is 18.4 Å². The third-order valence-corrected chi connectivity index (χ3v) is 5.04. The minimum atomic E-state index is -4.59. The van der Waals surface area contributed by atoms with Crippen molar-refractivity contribution < 1.29 is 27.1 Å². The quantitative estimate of drug-likeness (QED) is 0.216. The Bertz CT molecular complexity index is 1280. The number of amides is 1. The van der Waals surface area contributed by atoms with E-state index in [1.54, 1.807) is 12.1 Å². The van der Waals surface area contributed by atoms with Crippen LogP contribution in [0.25, 0.3) is 6.08 Å². The van der Waals surface area contributed by atoms with Gasteiger partial charge >= 0.3 is 6.18 Å². The first-order valence-corrected chi connectivity index (χ1v) is 10.3. The Morgan fingerprint density at radius 1 is 1.06 bits per heavy atom. The van der Waals surface area contributed by atoms with Crippen molar-refractivity contribution in [2.24, 2.45) is 0 Å². The summed E-state index contributed by atoms with van der Waals surface area (Å²) in [4.78, 5) is 12.4. The van der Waals surface area contributed by atoms with Gasteiger partial charge in [0.05, 0.1) is 15.6 Å². The van der Waals surface area contributed by atoms with Crippen LogP contribution >= 0.6 is 23.2 Å². The molecule has 0 saturated heterocycles. The third-order valence-electron chi connectivity index (χ3n) is 4.47. The minimum Gasteiger partial charge on any atom is -0.486 e. The zero-order valence-electron chi connectivity index (χ0n) is 17.1. The summed E-state index contributed by atoms with van der Waals surface area (Å²) in [6.07, 6.45) is -3.42. The molecular weight excluding hydrogens is 495 g/mol. The summed E-state index contributed by atoms with van der Waals surface area (Å²) in [5.41, 5.74) is -0.920. The van der Waals surface area contributed by atoms with E-state index in [0.717, 1.165) is 18.2 Å². The number of hydrogen-bond donors (Lipinski definition) is 1. The highest BCUT2D eigenvalue weighted by Crippen LogP contribution is 2.36. The number of nitrogens with one attached hydrogen (secondary N) is 1. The van der Waals surface area contributed by atoms with Crippen LogP contribution in [-0.2, 0) is 17.6 Å². The Labute approximate surface area is 202 Å². The molecule has 0 aliphatic rings. The topological polar surface area (TPSA) is 62.1 Å². The van der Waals surface area contributed by atoms with Gasteiger partial charge in [-0.1, -0.05) is 47.5 Å². The maximum Gasteiger partial charge on any atom is 0.416 e. The third kappa shape index (κ3) is 6.28. The lowest BCUT2D eigenvalue weighted by Crippen LogP contribution is -2.14. The standard InChI is InChI=1S/C24H14Cl2F4N2O2/c25-19-9-14(10-20(26)22(19)34-13-15-4-1-2-7-21(15)27)8-16(12-31)23(33)32-18-6-3-5-17(11-18)24(28,29)30/h1-11H,13H2,(H,32,33)/b16-8+. The fourth-order valence-electron chi connectivity index (χ4n) is 2.85. The molecule has 174 valence electrons. The number of anilines is 1. The lowest BCUT2D eigenvalue weighted by Gasteiger charge is -2.12. The molecule has 4 nitrogen and oxygen atoms in total. The molecule has 0 fully saturated rings. The van der Waals surface area contributed by atoms with E-state index >= 15 is 0 Å². The molecule has 34 heavy (non-hydrogen) atoms. The Morgan fingerprint density at radius 3 is 2.35 bits per heavy atom. The highest BCUT2D eigenvalue weighted by Gasteiger charge is 2.30. The predicted octanol–water partition coefficient (Wildman–Crippen LogP) is 7.28. The normalized spacial score (nSPS) is 11.6. The van der Waals surface area contributed by atoms with E-state index in [2.05, 4.69) is 5.32 Å². The zero-order chi connectivity index (χ0) is 24.9. The molecule has 0 saturated carbocycles. The van der Waals surface area contributed by atoms with E-state index in [4.69, 9.17) is 27.9 Å². The number of alkyl halides is 3. The van der Waals surface area contributed by atoms with Crippen molar-refractivity contribution in [1.29, 1.82) is 5.26 Å². The lowest BCUT2D eigenvalue weighted by molar-refractivity contribution is -0.137. The van der Waals surface area contributed by atoms with E-state index in [9.17, 15) is 27.6 Å². The fraction of sp³-hybridized carbons (Fsp3) is 0.0833. The molecule has 10 heteroatoms. The van der Waals surface area contributed by atoms with Crippen molar-refractivity contribution in [2.75, 3.05) is 5.32 Å².